The third-order valence-electron chi connectivity index (χ3n) is 3.03. The van der Waals surface area contributed by atoms with Crippen LogP contribution in [0.5, 0.6) is 0 Å². The van der Waals surface area contributed by atoms with Crippen molar-refractivity contribution in [3.05, 3.63) is 0 Å². The van der Waals surface area contributed by atoms with E-state index in [1.165, 1.54) is 0 Å². The van der Waals surface area contributed by atoms with Gasteiger partial charge in [0.25, 0.3) is 0 Å². The zero-order valence-electron chi connectivity index (χ0n) is 19.7. The summed E-state index contributed by atoms with van der Waals surface area (Å²) in [7, 11) is -3.99. The molecule has 0 fully saturated rings. The summed E-state index contributed by atoms with van der Waals surface area (Å²) < 4.78 is 46.7. The number of carbonyl (C=O) groups is 3. The summed E-state index contributed by atoms with van der Waals surface area (Å²) >= 11 is 0. The normalized spacial score (nSPS) is 13.9. The fraction of sp³-hybridized carbons (Fsp3) is 0.842. The third-order valence-corrected chi connectivity index (χ3v) is 5.17. The molecule has 0 saturated carbocycles. The lowest BCUT2D eigenvalue weighted by molar-refractivity contribution is -0.161. The van der Waals surface area contributed by atoms with Crippen LogP contribution in [0.4, 0.5) is 9.59 Å². The maximum absolute atomic E-state index is 12.9. The number of carbonyl (C=O) groups excluding carboxylic acids is 3. The van der Waals surface area contributed by atoms with Gasteiger partial charge in [0, 0.05) is 5.75 Å². The Labute approximate surface area is 188 Å². The molecule has 0 aromatic heterocycles. The van der Waals surface area contributed by atoms with E-state index < -0.39 is 50.2 Å². The van der Waals surface area contributed by atoms with Crippen LogP contribution in [0, 0.1) is 0 Å². The Morgan fingerprint density at radius 2 is 1.23 bits per heavy atom. The van der Waals surface area contributed by atoms with Crippen LogP contribution in [0.25, 0.3) is 0 Å². The maximum atomic E-state index is 12.9. The minimum atomic E-state index is -4.27. The minimum Gasteiger partial charge on any atom is -0.458 e. The first-order chi connectivity index (χ1) is 13.6. The highest BCUT2D eigenvalue weighted by Crippen LogP contribution is 2.23. The van der Waals surface area contributed by atoms with Crippen LogP contribution in [0.15, 0.2) is 0 Å². The largest absolute Gasteiger partial charge is 0.458 e. The van der Waals surface area contributed by atoms with Crippen LogP contribution in [-0.4, -0.2) is 64.6 Å². The number of nitrogens with zero attached hydrogens (tertiary/aromatic N) is 1. The Hall–Kier alpha value is -1.53. The van der Waals surface area contributed by atoms with Crippen LogP contribution in [0.3, 0.4) is 0 Å². The van der Waals surface area contributed by atoms with Crippen molar-refractivity contribution in [3.63, 3.8) is 0 Å². The van der Waals surface area contributed by atoms with Gasteiger partial charge >= 0.3 is 27.3 Å². The van der Waals surface area contributed by atoms with Gasteiger partial charge in [0.05, 0.1) is 0 Å². The predicted molar refractivity (Wildman–Crippen MR) is 117 cm³/mol. The molecule has 10 nitrogen and oxygen atoms in total. The third kappa shape index (κ3) is 14.2. The first-order valence-electron chi connectivity index (χ1n) is 9.71. The molecule has 182 valence electrons. The SMILES string of the molecule is CC(C)(C)OC(=O)[C@H](CCCSS(=O)(=O)O)N(C(=O)OC(C)(C)C)C(=O)OC(C)(C)C. The highest BCUT2D eigenvalue weighted by molar-refractivity contribution is 8.69. The maximum Gasteiger partial charge on any atom is 0.420 e. The number of esters is 1. The smallest absolute Gasteiger partial charge is 0.420 e. The number of imide groups is 1. The summed E-state index contributed by atoms with van der Waals surface area (Å²) in [5, 5.41) is 0. The summed E-state index contributed by atoms with van der Waals surface area (Å²) in [4.78, 5) is 39.1. The number of rotatable bonds is 7. The van der Waals surface area contributed by atoms with Crippen molar-refractivity contribution >= 4 is 38.1 Å². The second-order valence-electron chi connectivity index (χ2n) is 9.77. The quantitative estimate of drug-likeness (QED) is 0.184. The average Bonchev–Trinajstić information content (AvgIpc) is 2.43. The molecule has 1 atom stereocenters. The standard InChI is InChI=1S/C19H35NO9S2/c1-17(2,3)27-14(21)13(11-10-12-30-31(24,25)26)20(15(22)28-18(4,5)6)16(23)29-19(7,8)9/h13H,10-12H2,1-9H3,(H,24,25,26)/t13-/m0/s1. The number of hydrogen-bond acceptors (Lipinski definition) is 9. The number of ether oxygens (including phenoxy) is 3. The van der Waals surface area contributed by atoms with Crippen LogP contribution in [0.2, 0.25) is 0 Å². The van der Waals surface area contributed by atoms with Crippen molar-refractivity contribution < 1.29 is 41.6 Å². The van der Waals surface area contributed by atoms with Gasteiger partial charge < -0.3 is 14.2 Å². The molecule has 31 heavy (non-hydrogen) atoms. The minimum absolute atomic E-state index is 0.0659. The van der Waals surface area contributed by atoms with E-state index in [1.54, 1.807) is 62.3 Å². The lowest BCUT2D eigenvalue weighted by Gasteiger charge is -2.33. The molecule has 2 amide bonds. The van der Waals surface area contributed by atoms with Gasteiger partial charge in [0.2, 0.25) is 0 Å². The van der Waals surface area contributed by atoms with Crippen molar-refractivity contribution in [3.8, 4) is 0 Å². The number of amides is 2. The van der Waals surface area contributed by atoms with Crippen LogP contribution < -0.4 is 0 Å². The molecule has 0 aromatic rings. The molecule has 0 aliphatic heterocycles. The fourth-order valence-electron chi connectivity index (χ4n) is 2.11. The average molecular weight is 486 g/mol. The predicted octanol–water partition coefficient (Wildman–Crippen LogP) is 4.19. The molecule has 0 rings (SSSR count). The Kier molecular flexibility index (Phi) is 10.3. The molecular formula is C19H35NO9S2. The summed E-state index contributed by atoms with van der Waals surface area (Å²) in [6.45, 7) is 14.5. The van der Waals surface area contributed by atoms with E-state index in [-0.39, 0.29) is 29.4 Å². The lowest BCUT2D eigenvalue weighted by Crippen LogP contribution is -2.53. The van der Waals surface area contributed by atoms with Crippen LogP contribution >= 0.6 is 10.8 Å². The van der Waals surface area contributed by atoms with Gasteiger partial charge in [-0.2, -0.15) is 13.3 Å². The summed E-state index contributed by atoms with van der Waals surface area (Å²) in [6, 6.07) is -1.43. The van der Waals surface area contributed by atoms with Crippen molar-refractivity contribution in [2.24, 2.45) is 0 Å². The molecule has 0 aromatic carbocycles. The van der Waals surface area contributed by atoms with Crippen molar-refractivity contribution in [1.82, 2.24) is 4.90 Å². The van der Waals surface area contributed by atoms with Crippen molar-refractivity contribution in [2.45, 2.75) is 98.0 Å². The Bertz CT molecular complexity index is 716. The van der Waals surface area contributed by atoms with E-state index in [2.05, 4.69) is 0 Å². The Morgan fingerprint density at radius 1 is 0.839 bits per heavy atom. The van der Waals surface area contributed by atoms with Gasteiger partial charge in [-0.25, -0.2) is 14.4 Å². The molecule has 0 aliphatic carbocycles. The molecule has 0 unspecified atom stereocenters. The Morgan fingerprint density at radius 3 is 1.55 bits per heavy atom. The zero-order chi connectivity index (χ0) is 24.8. The van der Waals surface area contributed by atoms with Crippen molar-refractivity contribution in [2.75, 3.05) is 5.75 Å². The molecule has 0 bridgehead atoms. The van der Waals surface area contributed by atoms with E-state index in [4.69, 9.17) is 18.8 Å². The molecule has 0 heterocycles. The highest BCUT2D eigenvalue weighted by atomic mass is 33.1. The zero-order valence-corrected chi connectivity index (χ0v) is 21.3. The monoisotopic (exact) mass is 485 g/mol. The fourth-order valence-corrected chi connectivity index (χ4v) is 3.59. The molecule has 1 N–H and O–H groups in total. The molecule has 0 saturated heterocycles. The second kappa shape index (κ2) is 10.9. The van der Waals surface area contributed by atoms with Gasteiger partial charge in [-0.05, 0) is 85.9 Å². The summed E-state index contributed by atoms with van der Waals surface area (Å²) in [5.74, 6) is -0.949. The first kappa shape index (κ1) is 29.5. The molecule has 0 aliphatic rings. The Balaban J connectivity index is 5.98. The molecule has 12 heteroatoms. The van der Waals surface area contributed by atoms with Gasteiger partial charge in [0.15, 0.2) is 0 Å². The van der Waals surface area contributed by atoms with Crippen LogP contribution in [-0.2, 0) is 28.2 Å². The molecule has 0 spiro atoms. The molecular weight excluding hydrogens is 450 g/mol. The molecule has 0 radical (unpaired) electrons. The van der Waals surface area contributed by atoms with Gasteiger partial charge in [-0.15, -0.1) is 0 Å². The van der Waals surface area contributed by atoms with E-state index in [0.29, 0.717) is 4.90 Å². The van der Waals surface area contributed by atoms with E-state index in [0.717, 1.165) is 0 Å². The van der Waals surface area contributed by atoms with Gasteiger partial charge in [0.1, 0.15) is 22.8 Å². The van der Waals surface area contributed by atoms with E-state index in [9.17, 15) is 22.8 Å². The van der Waals surface area contributed by atoms with Gasteiger partial charge in [-0.3, -0.25) is 4.55 Å². The first-order valence-corrected chi connectivity index (χ1v) is 12.7. The summed E-state index contributed by atoms with van der Waals surface area (Å²) in [6.07, 6.45) is -2.26. The van der Waals surface area contributed by atoms with Crippen LogP contribution in [0.1, 0.15) is 75.2 Å². The van der Waals surface area contributed by atoms with E-state index >= 15 is 0 Å². The topological polar surface area (TPSA) is 137 Å². The highest BCUT2D eigenvalue weighted by Gasteiger charge is 2.41. The number of hydrogen-bond donors (Lipinski definition) is 1. The second-order valence-corrected chi connectivity index (χ2v) is 13.2. The van der Waals surface area contributed by atoms with Gasteiger partial charge in [-0.1, -0.05) is 0 Å². The van der Waals surface area contributed by atoms with E-state index in [1.807, 2.05) is 0 Å². The van der Waals surface area contributed by atoms with Crippen molar-refractivity contribution in [1.29, 1.82) is 0 Å². The lowest BCUT2D eigenvalue weighted by atomic mass is 10.1. The summed E-state index contributed by atoms with van der Waals surface area (Å²) in [5.41, 5.74) is -2.83.